The Labute approximate surface area is 136 Å². The third-order valence-corrected chi connectivity index (χ3v) is 4.05. The van der Waals surface area contributed by atoms with Gasteiger partial charge in [0, 0.05) is 18.6 Å². The van der Waals surface area contributed by atoms with Crippen molar-refractivity contribution in [1.29, 1.82) is 0 Å². The molecule has 0 spiro atoms. The summed E-state index contributed by atoms with van der Waals surface area (Å²) in [5.74, 6) is 2.06. The predicted octanol–water partition coefficient (Wildman–Crippen LogP) is 2.87. The molecule has 2 aromatic rings. The second-order valence-corrected chi connectivity index (χ2v) is 5.76. The second kappa shape index (κ2) is 7.38. The quantitative estimate of drug-likeness (QED) is 0.772. The molecule has 0 saturated carbocycles. The molecule has 2 aromatic carbocycles. The van der Waals surface area contributed by atoms with Crippen LogP contribution in [0.3, 0.4) is 0 Å². The normalized spacial score (nSPS) is 12.7. The molecule has 1 heterocycles. The van der Waals surface area contributed by atoms with Crippen LogP contribution < -0.4 is 9.47 Å². The summed E-state index contributed by atoms with van der Waals surface area (Å²) < 4.78 is 11.3. The van der Waals surface area contributed by atoms with Crippen molar-refractivity contribution in [3.63, 3.8) is 0 Å². The lowest BCUT2D eigenvalue weighted by molar-refractivity contribution is 0.297. The fraction of sp³-hybridized carbons (Fsp3) is 0.368. The Hall–Kier alpha value is -2.20. The van der Waals surface area contributed by atoms with E-state index in [9.17, 15) is 5.11 Å². The molecule has 3 rings (SSSR count). The number of phenols is 1. The van der Waals surface area contributed by atoms with Crippen molar-refractivity contribution in [2.24, 2.45) is 0 Å². The highest BCUT2D eigenvalue weighted by Crippen LogP contribution is 2.32. The van der Waals surface area contributed by atoms with Gasteiger partial charge in [0.05, 0.1) is 13.2 Å². The molecule has 4 nitrogen and oxygen atoms in total. The number of rotatable bonds is 7. The van der Waals surface area contributed by atoms with Gasteiger partial charge >= 0.3 is 0 Å². The Morgan fingerprint density at radius 3 is 2.91 bits per heavy atom. The zero-order valence-electron chi connectivity index (χ0n) is 13.1. The van der Waals surface area contributed by atoms with Gasteiger partial charge in [-0.05, 0) is 54.7 Å². The maximum absolute atomic E-state index is 10.1. The van der Waals surface area contributed by atoms with E-state index in [0.29, 0.717) is 25.4 Å². The zero-order valence-corrected chi connectivity index (χ0v) is 13.1. The van der Waals surface area contributed by atoms with Gasteiger partial charge in [-0.1, -0.05) is 12.1 Å². The summed E-state index contributed by atoms with van der Waals surface area (Å²) in [6.45, 7) is 1.43. The van der Waals surface area contributed by atoms with Crippen LogP contribution in [0.4, 0.5) is 0 Å². The lowest BCUT2D eigenvalue weighted by atomic mass is 10.0. The number of ether oxygens (including phenoxy) is 2. The van der Waals surface area contributed by atoms with Gasteiger partial charge in [0.15, 0.2) is 0 Å². The Morgan fingerprint density at radius 2 is 2.04 bits per heavy atom. The number of phenolic OH excluding ortho intramolecular Hbond substituents is 1. The molecule has 122 valence electrons. The minimum absolute atomic E-state index is 0.142. The Bertz CT molecular complexity index is 666. The highest BCUT2D eigenvalue weighted by atomic mass is 16.5. The van der Waals surface area contributed by atoms with Gasteiger partial charge in [0.2, 0.25) is 0 Å². The number of hydrogen-bond donors (Lipinski definition) is 2. The Kier molecular flexibility index (Phi) is 5.03. The van der Waals surface area contributed by atoms with Gasteiger partial charge in [0.1, 0.15) is 17.2 Å². The molecule has 0 saturated heterocycles. The van der Waals surface area contributed by atoms with Crippen molar-refractivity contribution >= 4 is 0 Å². The number of aliphatic hydroxyl groups is 1. The Morgan fingerprint density at radius 1 is 1.13 bits per heavy atom. The number of benzene rings is 2. The minimum Gasteiger partial charge on any atom is -0.508 e. The molecule has 1 aliphatic rings. The third-order valence-electron chi connectivity index (χ3n) is 4.05. The summed E-state index contributed by atoms with van der Waals surface area (Å²) in [5, 5.41) is 19.0. The number of aromatic hydroxyl groups is 1. The van der Waals surface area contributed by atoms with E-state index >= 15 is 0 Å². The lowest BCUT2D eigenvalue weighted by Gasteiger charge is -2.10. The highest BCUT2D eigenvalue weighted by molar-refractivity contribution is 5.47. The molecule has 0 atom stereocenters. The summed E-state index contributed by atoms with van der Waals surface area (Å²) in [4.78, 5) is 0. The molecule has 4 heteroatoms. The van der Waals surface area contributed by atoms with Crippen LogP contribution >= 0.6 is 0 Å². The first-order chi connectivity index (χ1) is 11.3. The van der Waals surface area contributed by atoms with Crippen LogP contribution in [0.15, 0.2) is 36.4 Å². The molecular formula is C19H22O4. The van der Waals surface area contributed by atoms with Crippen molar-refractivity contribution in [1.82, 2.24) is 0 Å². The molecule has 0 fully saturated rings. The summed E-state index contributed by atoms with van der Waals surface area (Å²) in [7, 11) is 0. The fourth-order valence-electron chi connectivity index (χ4n) is 2.83. The molecule has 0 aliphatic carbocycles. The first-order valence-electron chi connectivity index (χ1n) is 8.06. The fourth-order valence-corrected chi connectivity index (χ4v) is 2.83. The zero-order chi connectivity index (χ0) is 16.1. The van der Waals surface area contributed by atoms with Crippen LogP contribution in [0.25, 0.3) is 0 Å². The highest BCUT2D eigenvalue weighted by Gasteiger charge is 2.15. The maximum Gasteiger partial charge on any atom is 0.123 e. The molecule has 0 bridgehead atoms. The van der Waals surface area contributed by atoms with E-state index in [1.807, 2.05) is 36.4 Å². The monoisotopic (exact) mass is 314 g/mol. The molecular weight excluding hydrogens is 292 g/mol. The number of hydrogen-bond acceptors (Lipinski definition) is 4. The summed E-state index contributed by atoms with van der Waals surface area (Å²) in [6, 6.07) is 11.5. The van der Waals surface area contributed by atoms with E-state index in [-0.39, 0.29) is 6.61 Å². The third kappa shape index (κ3) is 3.96. The van der Waals surface area contributed by atoms with Gasteiger partial charge in [0.25, 0.3) is 0 Å². The van der Waals surface area contributed by atoms with Crippen LogP contribution in [0.1, 0.15) is 23.1 Å². The maximum atomic E-state index is 10.1. The average Bonchev–Trinajstić information content (AvgIpc) is 2.99. The largest absolute Gasteiger partial charge is 0.508 e. The van der Waals surface area contributed by atoms with Crippen molar-refractivity contribution in [3.05, 3.63) is 53.1 Å². The first kappa shape index (κ1) is 15.7. The van der Waals surface area contributed by atoms with Gasteiger partial charge in [-0.3, -0.25) is 0 Å². The standard InChI is InChI=1S/C19H22O4/c20-8-6-14-3-1-5-17(11-14)22-9-2-4-15-13-19-16(7-10-23-19)12-18(15)21/h1,3,5,11-13,20-21H,2,4,6-10H2. The molecule has 0 amide bonds. The smallest absolute Gasteiger partial charge is 0.123 e. The molecule has 0 radical (unpaired) electrons. The van der Waals surface area contributed by atoms with Crippen LogP contribution in [-0.4, -0.2) is 30.0 Å². The summed E-state index contributed by atoms with van der Waals surface area (Å²) >= 11 is 0. The van der Waals surface area contributed by atoms with Crippen molar-refractivity contribution < 1.29 is 19.7 Å². The number of fused-ring (bicyclic) bond motifs is 1. The topological polar surface area (TPSA) is 58.9 Å². The van der Waals surface area contributed by atoms with E-state index in [1.54, 1.807) is 0 Å². The van der Waals surface area contributed by atoms with Gasteiger partial charge < -0.3 is 19.7 Å². The number of aryl methyl sites for hydroxylation is 1. The SMILES string of the molecule is OCCc1cccc(OCCCc2cc3c(cc2O)CCO3)c1. The van der Waals surface area contributed by atoms with Crippen molar-refractivity contribution in [2.45, 2.75) is 25.7 Å². The molecule has 0 aromatic heterocycles. The molecule has 23 heavy (non-hydrogen) atoms. The van der Waals surface area contributed by atoms with Crippen LogP contribution in [0.2, 0.25) is 0 Å². The van der Waals surface area contributed by atoms with Gasteiger partial charge in [-0.25, -0.2) is 0 Å². The summed E-state index contributed by atoms with van der Waals surface area (Å²) in [6.07, 6.45) is 3.08. The van der Waals surface area contributed by atoms with E-state index < -0.39 is 0 Å². The number of aliphatic hydroxyl groups excluding tert-OH is 1. The Balaban J connectivity index is 1.51. The van der Waals surface area contributed by atoms with E-state index in [2.05, 4.69) is 0 Å². The van der Waals surface area contributed by atoms with Crippen LogP contribution in [0.5, 0.6) is 17.2 Å². The minimum atomic E-state index is 0.142. The average molecular weight is 314 g/mol. The van der Waals surface area contributed by atoms with E-state index in [4.69, 9.17) is 14.6 Å². The molecule has 0 unspecified atom stereocenters. The van der Waals surface area contributed by atoms with Crippen LogP contribution in [0, 0.1) is 0 Å². The lowest BCUT2D eigenvalue weighted by Crippen LogP contribution is -2.00. The molecule has 1 aliphatic heterocycles. The van der Waals surface area contributed by atoms with Crippen LogP contribution in [-0.2, 0) is 19.3 Å². The van der Waals surface area contributed by atoms with Crippen molar-refractivity contribution in [3.8, 4) is 17.2 Å². The van der Waals surface area contributed by atoms with Crippen molar-refractivity contribution in [2.75, 3.05) is 19.8 Å². The van der Waals surface area contributed by atoms with Gasteiger partial charge in [-0.15, -0.1) is 0 Å². The predicted molar refractivity (Wildman–Crippen MR) is 88.4 cm³/mol. The van der Waals surface area contributed by atoms with E-state index in [0.717, 1.165) is 47.5 Å². The molecule has 2 N–H and O–H groups in total. The first-order valence-corrected chi connectivity index (χ1v) is 8.06. The van der Waals surface area contributed by atoms with E-state index in [1.165, 1.54) is 0 Å². The summed E-state index contributed by atoms with van der Waals surface area (Å²) in [5.41, 5.74) is 3.06. The van der Waals surface area contributed by atoms with Gasteiger partial charge in [-0.2, -0.15) is 0 Å². The second-order valence-electron chi connectivity index (χ2n) is 5.76.